The molecule has 0 aromatic carbocycles. The molecule has 7 heteroatoms. The van der Waals surface area contributed by atoms with Crippen LogP contribution in [0.4, 0.5) is 4.79 Å². The van der Waals surface area contributed by atoms with Crippen molar-refractivity contribution in [3.8, 4) is 0 Å². The van der Waals surface area contributed by atoms with E-state index in [1.807, 2.05) is 12.2 Å². The summed E-state index contributed by atoms with van der Waals surface area (Å²) >= 11 is 0. The van der Waals surface area contributed by atoms with E-state index in [1.165, 1.54) is 0 Å². The number of carbonyl (C=O) groups is 3. The van der Waals surface area contributed by atoms with Crippen LogP contribution in [0.15, 0.2) is 0 Å². The minimum absolute atomic E-state index is 0.202. The third kappa shape index (κ3) is 4.74. The van der Waals surface area contributed by atoms with Crippen LogP contribution >= 0.6 is 0 Å². The summed E-state index contributed by atoms with van der Waals surface area (Å²) in [5.41, 5.74) is -0.202. The van der Waals surface area contributed by atoms with Gasteiger partial charge >= 0.3 is 12.0 Å². The van der Waals surface area contributed by atoms with Gasteiger partial charge in [-0.25, -0.2) is 9.59 Å². The van der Waals surface area contributed by atoms with Gasteiger partial charge < -0.3 is 15.2 Å². The predicted octanol–water partition coefficient (Wildman–Crippen LogP) is -0.534. The van der Waals surface area contributed by atoms with Crippen molar-refractivity contribution < 1.29 is 24.2 Å². The van der Waals surface area contributed by atoms with Crippen molar-refractivity contribution in [1.82, 2.24) is 10.6 Å². The van der Waals surface area contributed by atoms with Crippen LogP contribution in [0.5, 0.6) is 0 Å². The highest BCUT2D eigenvalue weighted by Gasteiger charge is 2.38. The lowest BCUT2D eigenvalue weighted by Gasteiger charge is -2.11. The van der Waals surface area contributed by atoms with Crippen molar-refractivity contribution in [2.45, 2.75) is 25.3 Å². The van der Waals surface area contributed by atoms with E-state index in [9.17, 15) is 14.4 Å². The number of carbonyl (C=O) groups excluding carboxylic acids is 2. The fraction of sp³-hybridized carbons (Fsp3) is 0.667. The lowest BCUT2D eigenvalue weighted by molar-refractivity contribution is -0.143. The third-order valence-corrected chi connectivity index (χ3v) is 2.13. The number of amides is 3. The first-order chi connectivity index (χ1) is 7.41. The fourth-order valence-corrected chi connectivity index (χ4v) is 1.01. The number of carboxylic acid groups (broad SMARTS) is 1. The van der Waals surface area contributed by atoms with E-state index in [2.05, 4.69) is 10.1 Å². The molecule has 0 saturated heterocycles. The van der Waals surface area contributed by atoms with Gasteiger partial charge in [0.2, 0.25) is 0 Å². The highest BCUT2D eigenvalue weighted by molar-refractivity contribution is 5.95. The van der Waals surface area contributed by atoms with Gasteiger partial charge in [0.15, 0.2) is 0 Å². The summed E-state index contributed by atoms with van der Waals surface area (Å²) < 4.78 is 4.51. The maximum Gasteiger partial charge on any atom is 0.329 e. The van der Waals surface area contributed by atoms with Gasteiger partial charge in [-0.15, -0.1) is 0 Å². The highest BCUT2D eigenvalue weighted by Crippen LogP contribution is 2.33. The normalized spacial score (nSPS) is 16.3. The summed E-state index contributed by atoms with van der Waals surface area (Å²) in [6, 6.07) is -0.580. The smallest absolute Gasteiger partial charge is 0.329 e. The molecule has 1 saturated carbocycles. The van der Waals surface area contributed by atoms with Gasteiger partial charge in [0.25, 0.3) is 5.91 Å². The van der Waals surface area contributed by atoms with E-state index in [0.717, 1.165) is 12.8 Å². The molecule has 0 aromatic rings. The van der Waals surface area contributed by atoms with E-state index in [-0.39, 0.29) is 5.54 Å². The molecule has 1 aliphatic carbocycles. The zero-order valence-corrected chi connectivity index (χ0v) is 8.91. The van der Waals surface area contributed by atoms with E-state index in [0.29, 0.717) is 0 Å². The number of ether oxygens (including phenoxy) is 1. The van der Waals surface area contributed by atoms with Crippen LogP contribution in [-0.4, -0.2) is 41.8 Å². The van der Waals surface area contributed by atoms with Gasteiger partial charge in [-0.1, -0.05) is 0 Å². The molecule has 0 spiro atoms. The molecule has 1 aliphatic rings. The van der Waals surface area contributed by atoms with Crippen molar-refractivity contribution in [2.24, 2.45) is 0 Å². The Labute approximate surface area is 92.1 Å². The highest BCUT2D eigenvalue weighted by atomic mass is 16.5. The van der Waals surface area contributed by atoms with Crippen LogP contribution in [0, 0.1) is 0 Å². The van der Waals surface area contributed by atoms with Crippen molar-refractivity contribution in [3.63, 3.8) is 0 Å². The molecule has 0 heterocycles. The first kappa shape index (κ1) is 12.4. The van der Waals surface area contributed by atoms with Gasteiger partial charge in [-0.3, -0.25) is 10.1 Å². The minimum Gasteiger partial charge on any atom is -0.480 e. The zero-order valence-electron chi connectivity index (χ0n) is 8.91. The second-order valence-corrected chi connectivity index (χ2v) is 3.95. The topological polar surface area (TPSA) is 105 Å². The Balaban J connectivity index is 2.13. The first-order valence-electron chi connectivity index (χ1n) is 4.83. The lowest BCUT2D eigenvalue weighted by atomic mass is 10.3. The van der Waals surface area contributed by atoms with E-state index >= 15 is 0 Å². The molecule has 90 valence electrons. The zero-order chi connectivity index (χ0) is 12.2. The Morgan fingerprint density at radius 2 is 1.94 bits per heavy atom. The van der Waals surface area contributed by atoms with Crippen molar-refractivity contribution in [2.75, 3.05) is 13.2 Å². The summed E-state index contributed by atoms with van der Waals surface area (Å²) in [4.78, 5) is 32.3. The summed E-state index contributed by atoms with van der Waals surface area (Å²) in [6.07, 6.45) is 1.79. The molecule has 0 aliphatic heterocycles. The van der Waals surface area contributed by atoms with Gasteiger partial charge in [0.05, 0.1) is 0 Å². The molecular weight excluding hydrogens is 216 g/mol. The maximum atomic E-state index is 11.2. The summed E-state index contributed by atoms with van der Waals surface area (Å²) in [7, 11) is 0. The quantitative estimate of drug-likeness (QED) is 0.588. The number of urea groups is 1. The number of hydrogen-bond acceptors (Lipinski definition) is 4. The second kappa shape index (κ2) is 4.93. The number of rotatable bonds is 5. The third-order valence-electron chi connectivity index (χ3n) is 2.13. The molecule has 1 fully saturated rings. The number of aliphatic carboxylic acids is 1. The standard InChI is InChI=1S/C9H14N2O5/c1-9(2-3-9)11-8(15)10-6(12)4-16-5-7(13)14/h2-5H2,1H3,(H,13,14)(H2,10,11,12,15). The van der Waals surface area contributed by atoms with E-state index in [4.69, 9.17) is 5.11 Å². The second-order valence-electron chi connectivity index (χ2n) is 3.95. The largest absolute Gasteiger partial charge is 0.480 e. The molecule has 0 atom stereocenters. The number of imide groups is 1. The van der Waals surface area contributed by atoms with Crippen LogP contribution < -0.4 is 10.6 Å². The van der Waals surface area contributed by atoms with Crippen LogP contribution in [-0.2, 0) is 14.3 Å². The number of nitrogens with one attached hydrogen (secondary N) is 2. The van der Waals surface area contributed by atoms with Gasteiger partial charge in [0.1, 0.15) is 13.2 Å². The molecule has 1 rings (SSSR count). The first-order valence-corrected chi connectivity index (χ1v) is 4.83. The molecule has 0 unspecified atom stereocenters. The van der Waals surface area contributed by atoms with Crippen LogP contribution in [0.2, 0.25) is 0 Å². The lowest BCUT2D eigenvalue weighted by Crippen LogP contribution is -2.45. The Hall–Kier alpha value is -1.63. The fourth-order valence-electron chi connectivity index (χ4n) is 1.01. The molecular formula is C9H14N2O5. The summed E-state index contributed by atoms with van der Waals surface area (Å²) in [5.74, 6) is -1.83. The Morgan fingerprint density at radius 3 is 2.44 bits per heavy atom. The molecule has 3 N–H and O–H groups in total. The molecule has 7 nitrogen and oxygen atoms in total. The minimum atomic E-state index is -1.16. The molecule has 16 heavy (non-hydrogen) atoms. The maximum absolute atomic E-state index is 11.2. The van der Waals surface area contributed by atoms with Crippen molar-refractivity contribution >= 4 is 17.9 Å². The molecule has 0 bridgehead atoms. The predicted molar refractivity (Wildman–Crippen MR) is 52.8 cm³/mol. The van der Waals surface area contributed by atoms with Gasteiger partial charge in [-0.05, 0) is 19.8 Å². The molecule has 0 radical (unpaired) electrons. The summed E-state index contributed by atoms with van der Waals surface area (Å²) in [6.45, 7) is 0.862. The van der Waals surface area contributed by atoms with Crippen molar-refractivity contribution in [3.05, 3.63) is 0 Å². The van der Waals surface area contributed by atoms with Gasteiger partial charge in [0, 0.05) is 5.54 Å². The van der Waals surface area contributed by atoms with E-state index < -0.39 is 31.1 Å². The molecule has 0 aromatic heterocycles. The van der Waals surface area contributed by atoms with Crippen LogP contribution in [0.3, 0.4) is 0 Å². The Bertz CT molecular complexity index is 311. The number of carboxylic acids is 1. The monoisotopic (exact) mass is 230 g/mol. The SMILES string of the molecule is CC1(NC(=O)NC(=O)COCC(=O)O)CC1. The average molecular weight is 230 g/mol. The number of hydrogen-bond donors (Lipinski definition) is 3. The van der Waals surface area contributed by atoms with E-state index in [1.54, 1.807) is 0 Å². The average Bonchev–Trinajstić information content (AvgIpc) is 2.81. The Morgan fingerprint density at radius 1 is 1.31 bits per heavy atom. The molecule has 3 amide bonds. The van der Waals surface area contributed by atoms with Crippen molar-refractivity contribution in [1.29, 1.82) is 0 Å². The Kier molecular flexibility index (Phi) is 3.83. The van der Waals surface area contributed by atoms with Crippen LogP contribution in [0.25, 0.3) is 0 Å². The summed E-state index contributed by atoms with van der Waals surface area (Å²) in [5, 5.41) is 12.9. The van der Waals surface area contributed by atoms with Gasteiger partial charge in [-0.2, -0.15) is 0 Å². The van der Waals surface area contributed by atoms with Crippen LogP contribution in [0.1, 0.15) is 19.8 Å².